The topological polar surface area (TPSA) is 57.0 Å². The Morgan fingerprint density at radius 2 is 0.750 bits per heavy atom. The van der Waals surface area contributed by atoms with E-state index in [0.29, 0.717) is 0 Å². The summed E-state index contributed by atoms with van der Waals surface area (Å²) in [5.74, 6) is 0. The van der Waals surface area contributed by atoms with Gasteiger partial charge in [-0.05, 0) is 0 Å². The maximum Gasteiger partial charge on any atom is 3.00 e. The van der Waals surface area contributed by atoms with Gasteiger partial charge in [0.25, 0.3) is 0 Å². The minimum absolute atomic E-state index is 0. The zero-order valence-electron chi connectivity index (χ0n) is 1.57. The summed E-state index contributed by atoms with van der Waals surface area (Å²) in [7, 11) is 0. The first-order valence-corrected chi connectivity index (χ1v) is 0. The normalized spacial score (nSPS) is 0. The summed E-state index contributed by atoms with van der Waals surface area (Å²) in [6.07, 6.45) is 0. The van der Waals surface area contributed by atoms with Gasteiger partial charge in [0.15, 0.2) is 0 Å². The Kier molecular flexibility index (Phi) is 440. The minimum atomic E-state index is 0. The van der Waals surface area contributed by atoms with Gasteiger partial charge in [0.1, 0.15) is 0 Å². The van der Waals surface area contributed by atoms with Crippen LogP contribution in [0.2, 0.25) is 0 Å². The molecule has 0 aromatic rings. The molecule has 0 aromatic carbocycles. The predicted octanol–water partition coefficient (Wildman–Crippen LogP) is -0.243. The Bertz CT molecular complexity index is 6.00. The van der Waals surface area contributed by atoms with E-state index in [2.05, 4.69) is 0 Å². The third-order valence-electron chi connectivity index (χ3n) is 0. The molecule has 2 nitrogen and oxygen atoms in total. The van der Waals surface area contributed by atoms with Crippen molar-refractivity contribution in [1.29, 1.82) is 0 Å². The molecule has 0 aliphatic heterocycles. The van der Waals surface area contributed by atoms with Crippen molar-refractivity contribution in [2.45, 2.75) is 0 Å². The summed E-state index contributed by atoms with van der Waals surface area (Å²) in [6, 6.07) is 0. The van der Waals surface area contributed by atoms with Gasteiger partial charge in [-0.2, -0.15) is 0 Å². The van der Waals surface area contributed by atoms with Crippen LogP contribution in [0.15, 0.2) is 0 Å². The molecule has 0 fully saturated rings. The molecule has 4 heavy (non-hydrogen) atoms. The van der Waals surface area contributed by atoms with Gasteiger partial charge in [-0.25, -0.2) is 0 Å². The van der Waals surface area contributed by atoms with Gasteiger partial charge in [-0.3, -0.25) is 0 Å². The van der Waals surface area contributed by atoms with Crippen LogP contribution in [0.25, 0.3) is 0 Å². The average molecular weight is 280 g/mol. The first kappa shape index (κ1) is 61.0. The van der Waals surface area contributed by atoms with Crippen LogP contribution in [-0.4, -0.2) is 0 Å². The van der Waals surface area contributed by atoms with Crippen molar-refractivity contribution in [3.05, 3.63) is 0 Å². The van der Waals surface area contributed by atoms with E-state index in [1.165, 1.54) is 0 Å². The summed E-state index contributed by atoms with van der Waals surface area (Å²) < 4.78 is 0. The van der Waals surface area contributed by atoms with Crippen molar-refractivity contribution in [2.75, 3.05) is 0 Å². The Balaban J connectivity index is 0. The maximum atomic E-state index is 0. The Morgan fingerprint density at radius 3 is 0.750 bits per heavy atom. The van der Waals surface area contributed by atoms with E-state index in [1.807, 2.05) is 0 Å². The first-order chi connectivity index (χ1) is 0. The van der Waals surface area contributed by atoms with E-state index in [-0.39, 0.29) is 51.9 Å². The molecular formula is AuO2V-. The molecule has 0 aromatic heterocycles. The van der Waals surface area contributed by atoms with Crippen molar-refractivity contribution < 1.29 is 51.9 Å². The van der Waals surface area contributed by atoms with Gasteiger partial charge < -0.3 is 11.0 Å². The molecule has 0 aliphatic rings. The molecule has 0 unspecified atom stereocenters. The van der Waals surface area contributed by atoms with Gasteiger partial charge >= 0.3 is 22.4 Å². The summed E-state index contributed by atoms with van der Waals surface area (Å²) >= 11 is 0. The third-order valence-corrected chi connectivity index (χ3v) is 0. The third kappa shape index (κ3) is 10.6. The first-order valence-electron chi connectivity index (χ1n) is 0. The summed E-state index contributed by atoms with van der Waals surface area (Å²) in [6.45, 7) is 0. The van der Waals surface area contributed by atoms with Gasteiger partial charge in [-0.15, -0.1) is 0 Å². The number of hydrogen-bond acceptors (Lipinski definition) is 0. The average Bonchev–Trinajstić information content (AvgIpc) is 0. The van der Waals surface area contributed by atoms with Gasteiger partial charge in [0.2, 0.25) is 0 Å². The van der Waals surface area contributed by atoms with E-state index in [0.717, 1.165) is 0 Å². The second-order valence-electron chi connectivity index (χ2n) is 0. The van der Waals surface area contributed by atoms with E-state index >= 15 is 0 Å². The Hall–Kier alpha value is 1.24. The molecule has 0 heterocycles. The zero-order valence-corrected chi connectivity index (χ0v) is 5.13. The number of hydrogen-bond donors (Lipinski definition) is 0. The molecule has 0 spiro atoms. The van der Waals surface area contributed by atoms with Crippen LogP contribution in [0, 0.1) is 0 Å². The zero-order chi connectivity index (χ0) is 0. The van der Waals surface area contributed by atoms with Crippen LogP contribution in [0.3, 0.4) is 0 Å². The smallest absolute Gasteiger partial charge is 2.00 e. The molecule has 0 aliphatic carbocycles. The van der Waals surface area contributed by atoms with Crippen molar-refractivity contribution in [3.63, 3.8) is 0 Å². The van der Waals surface area contributed by atoms with Crippen molar-refractivity contribution in [3.8, 4) is 0 Å². The van der Waals surface area contributed by atoms with Gasteiger partial charge in [0.05, 0.1) is 0 Å². The van der Waals surface area contributed by atoms with E-state index in [9.17, 15) is 0 Å². The fourth-order valence-corrected chi connectivity index (χ4v) is 0. The molecule has 1 radical (unpaired) electrons. The Morgan fingerprint density at radius 1 is 0.750 bits per heavy atom. The van der Waals surface area contributed by atoms with Crippen LogP contribution in [0.4, 0.5) is 0 Å². The molecule has 0 saturated heterocycles. The van der Waals surface area contributed by atoms with Crippen LogP contribution < -0.4 is 0 Å². The molecule has 0 rings (SSSR count). The standard InChI is InChI=1S/Au.2O.V/q+3;2*-2;. The monoisotopic (exact) mass is 280 g/mol. The molecule has 29 valence electrons. The van der Waals surface area contributed by atoms with Crippen LogP contribution >= 0.6 is 0 Å². The second-order valence-corrected chi connectivity index (χ2v) is 0. The van der Waals surface area contributed by atoms with Crippen molar-refractivity contribution >= 4 is 0 Å². The quantitative estimate of drug-likeness (QED) is 0.550. The maximum absolute atomic E-state index is 0. The molecule has 0 amide bonds. The molecule has 0 bridgehead atoms. The minimum Gasteiger partial charge on any atom is -2.00 e. The molecule has 0 atom stereocenters. The van der Waals surface area contributed by atoms with Gasteiger partial charge in [0, 0.05) is 18.6 Å². The largest absolute Gasteiger partial charge is 3.00 e. The molecule has 4 heteroatoms. The predicted molar refractivity (Wildman–Crippen MR) is 1.37 cm³/mol. The van der Waals surface area contributed by atoms with Crippen molar-refractivity contribution in [1.82, 2.24) is 0 Å². The molecule has 0 N–H and O–H groups in total. The second kappa shape index (κ2) is 28.8. The van der Waals surface area contributed by atoms with E-state index < -0.39 is 0 Å². The van der Waals surface area contributed by atoms with Gasteiger partial charge in [-0.1, -0.05) is 0 Å². The molecular weight excluding hydrogens is 280 g/mol. The summed E-state index contributed by atoms with van der Waals surface area (Å²) in [5, 5.41) is 0. The number of rotatable bonds is 0. The summed E-state index contributed by atoms with van der Waals surface area (Å²) in [4.78, 5) is 0. The SMILES string of the molecule is [Au+3].[O-2].[O-2].[V]. The fourth-order valence-electron chi connectivity index (χ4n) is 0. The summed E-state index contributed by atoms with van der Waals surface area (Å²) in [5.41, 5.74) is 0. The van der Waals surface area contributed by atoms with Crippen LogP contribution in [0.1, 0.15) is 0 Å². The van der Waals surface area contributed by atoms with E-state index in [4.69, 9.17) is 0 Å². The Labute approximate surface area is 52.0 Å². The van der Waals surface area contributed by atoms with Crippen LogP contribution in [0.5, 0.6) is 0 Å². The van der Waals surface area contributed by atoms with Crippen molar-refractivity contribution in [2.24, 2.45) is 0 Å². The van der Waals surface area contributed by atoms with E-state index in [1.54, 1.807) is 0 Å². The fraction of sp³-hybridized carbons (Fsp3) is 0. The molecule has 0 saturated carbocycles. The van der Waals surface area contributed by atoms with Crippen LogP contribution in [-0.2, 0) is 51.9 Å².